The minimum Gasteiger partial charge on any atom is -0.480 e. The average Bonchev–Trinajstić information content (AvgIpc) is 2.76. The minimum atomic E-state index is -0.123. The Morgan fingerprint density at radius 3 is 2.68 bits per heavy atom. The predicted molar refractivity (Wildman–Crippen MR) is 71.5 cm³/mol. The van der Waals surface area contributed by atoms with E-state index in [0.29, 0.717) is 22.3 Å². The minimum absolute atomic E-state index is 0.0620. The first-order valence-corrected chi connectivity index (χ1v) is 6.14. The number of pyridine rings is 1. The molecule has 0 aromatic carbocycles. The van der Waals surface area contributed by atoms with Gasteiger partial charge in [-0.15, -0.1) is 6.42 Å². The summed E-state index contributed by atoms with van der Waals surface area (Å²) in [6.07, 6.45) is 8.46. The standard InChI is InChI=1S/C14H14N4O/c1-4-9-8-16-13-12(11(9)7-15)18(14(19)17-13)10(5-2)6-3/h1,8,10H,5-6H2,2-3H3,(H,16,17,19). The first kappa shape index (κ1) is 12.9. The fourth-order valence-corrected chi connectivity index (χ4v) is 2.27. The highest BCUT2D eigenvalue weighted by Gasteiger charge is 2.21. The second kappa shape index (κ2) is 4.99. The second-order valence-electron chi connectivity index (χ2n) is 4.23. The van der Waals surface area contributed by atoms with Crippen LogP contribution in [-0.2, 0) is 0 Å². The molecule has 0 atom stereocenters. The number of terminal acetylenes is 1. The van der Waals surface area contributed by atoms with E-state index in [1.807, 2.05) is 13.8 Å². The van der Waals surface area contributed by atoms with Crippen LogP contribution in [0.3, 0.4) is 0 Å². The molecule has 0 aliphatic heterocycles. The molecule has 0 aliphatic carbocycles. The van der Waals surface area contributed by atoms with Crippen molar-refractivity contribution >= 4 is 11.2 Å². The van der Waals surface area contributed by atoms with Gasteiger partial charge < -0.3 is 5.11 Å². The van der Waals surface area contributed by atoms with Gasteiger partial charge in [-0.05, 0) is 12.8 Å². The zero-order chi connectivity index (χ0) is 14.0. The Hall–Kier alpha value is -2.53. The van der Waals surface area contributed by atoms with Gasteiger partial charge in [-0.1, -0.05) is 19.8 Å². The normalized spacial score (nSPS) is 10.6. The first-order chi connectivity index (χ1) is 9.17. The zero-order valence-corrected chi connectivity index (χ0v) is 10.9. The van der Waals surface area contributed by atoms with Crippen molar-refractivity contribution in [2.24, 2.45) is 0 Å². The molecule has 0 saturated heterocycles. The van der Waals surface area contributed by atoms with Gasteiger partial charge in [-0.2, -0.15) is 10.2 Å². The molecule has 0 aliphatic rings. The van der Waals surface area contributed by atoms with Crippen LogP contribution in [0.15, 0.2) is 6.20 Å². The van der Waals surface area contributed by atoms with Crippen molar-refractivity contribution in [2.45, 2.75) is 32.7 Å². The predicted octanol–water partition coefficient (Wildman–Crippen LogP) is 2.35. The molecule has 0 unspecified atom stereocenters. The van der Waals surface area contributed by atoms with Gasteiger partial charge in [0, 0.05) is 12.2 Å². The van der Waals surface area contributed by atoms with Crippen LogP contribution in [0.5, 0.6) is 6.01 Å². The number of nitriles is 1. The third kappa shape index (κ3) is 1.90. The van der Waals surface area contributed by atoms with Crippen molar-refractivity contribution < 1.29 is 5.11 Å². The van der Waals surface area contributed by atoms with Gasteiger partial charge in [0.1, 0.15) is 11.6 Å². The van der Waals surface area contributed by atoms with Crippen molar-refractivity contribution in [1.29, 1.82) is 5.26 Å². The second-order valence-corrected chi connectivity index (χ2v) is 4.23. The Balaban J connectivity index is 2.88. The molecule has 0 fully saturated rings. The molecular weight excluding hydrogens is 240 g/mol. The molecule has 0 spiro atoms. The molecular formula is C14H14N4O. The number of aromatic hydroxyl groups is 1. The highest BCUT2D eigenvalue weighted by Crippen LogP contribution is 2.30. The molecule has 96 valence electrons. The molecule has 19 heavy (non-hydrogen) atoms. The molecule has 2 rings (SSSR count). The van der Waals surface area contributed by atoms with Crippen LogP contribution in [0.2, 0.25) is 0 Å². The van der Waals surface area contributed by atoms with Crippen LogP contribution in [-0.4, -0.2) is 19.6 Å². The number of imidazole rings is 1. The lowest BCUT2D eigenvalue weighted by molar-refractivity contribution is 0.361. The van der Waals surface area contributed by atoms with Crippen LogP contribution in [0.4, 0.5) is 0 Å². The van der Waals surface area contributed by atoms with E-state index >= 15 is 0 Å². The first-order valence-electron chi connectivity index (χ1n) is 6.14. The average molecular weight is 254 g/mol. The van der Waals surface area contributed by atoms with Gasteiger partial charge in [0.2, 0.25) is 0 Å². The van der Waals surface area contributed by atoms with Gasteiger partial charge in [0.05, 0.1) is 11.1 Å². The molecule has 1 N–H and O–H groups in total. The Kier molecular flexibility index (Phi) is 3.39. The number of nitrogens with zero attached hydrogens (tertiary/aromatic N) is 4. The summed E-state index contributed by atoms with van der Waals surface area (Å²) in [5.74, 6) is 2.44. The number of fused-ring (bicyclic) bond motifs is 1. The van der Waals surface area contributed by atoms with Crippen LogP contribution in [0.1, 0.15) is 43.9 Å². The molecule has 2 heterocycles. The summed E-state index contributed by atoms with van der Waals surface area (Å²) >= 11 is 0. The number of rotatable bonds is 3. The molecule has 0 bridgehead atoms. The summed E-state index contributed by atoms with van der Waals surface area (Å²) in [5, 5.41) is 19.3. The van der Waals surface area contributed by atoms with E-state index in [9.17, 15) is 10.4 Å². The topological polar surface area (TPSA) is 74.7 Å². The van der Waals surface area contributed by atoms with E-state index in [1.165, 1.54) is 6.20 Å². The van der Waals surface area contributed by atoms with Gasteiger partial charge in [-0.3, -0.25) is 4.57 Å². The third-order valence-corrected chi connectivity index (χ3v) is 3.27. The molecule has 2 aromatic heterocycles. The fourth-order valence-electron chi connectivity index (χ4n) is 2.27. The van der Waals surface area contributed by atoms with E-state index < -0.39 is 0 Å². The Bertz CT molecular complexity index is 699. The summed E-state index contributed by atoms with van der Waals surface area (Å²) in [5.41, 5.74) is 1.62. The number of aromatic nitrogens is 3. The van der Waals surface area contributed by atoms with Crippen LogP contribution in [0, 0.1) is 23.7 Å². The molecule has 2 aromatic rings. The quantitative estimate of drug-likeness (QED) is 0.853. The summed E-state index contributed by atoms with van der Waals surface area (Å²) in [6, 6.07) is 2.03. The Labute approximate surface area is 111 Å². The molecule has 5 nitrogen and oxygen atoms in total. The van der Waals surface area contributed by atoms with Crippen molar-refractivity contribution in [1.82, 2.24) is 14.5 Å². The summed E-state index contributed by atoms with van der Waals surface area (Å²) < 4.78 is 1.65. The maximum atomic E-state index is 10.0. The maximum absolute atomic E-state index is 10.0. The van der Waals surface area contributed by atoms with E-state index in [1.54, 1.807) is 4.57 Å². The van der Waals surface area contributed by atoms with Crippen molar-refractivity contribution in [3.8, 4) is 24.4 Å². The van der Waals surface area contributed by atoms with Crippen LogP contribution in [0.25, 0.3) is 11.2 Å². The van der Waals surface area contributed by atoms with E-state index in [2.05, 4.69) is 22.0 Å². The van der Waals surface area contributed by atoms with Gasteiger partial charge in [0.25, 0.3) is 6.01 Å². The lowest BCUT2D eigenvalue weighted by atomic mass is 10.1. The molecule has 0 amide bonds. The monoisotopic (exact) mass is 254 g/mol. The molecule has 5 heteroatoms. The van der Waals surface area contributed by atoms with Gasteiger partial charge in [0.15, 0.2) is 5.65 Å². The van der Waals surface area contributed by atoms with E-state index in [0.717, 1.165) is 12.8 Å². The SMILES string of the molecule is C#Cc1cnc2nc(O)n(C(CC)CC)c2c1C#N. The Morgan fingerprint density at radius 1 is 1.47 bits per heavy atom. The zero-order valence-electron chi connectivity index (χ0n) is 10.9. The van der Waals surface area contributed by atoms with Crippen LogP contribution >= 0.6 is 0 Å². The summed E-state index contributed by atoms with van der Waals surface area (Å²) in [6.45, 7) is 4.04. The lowest BCUT2D eigenvalue weighted by Crippen LogP contribution is -2.07. The van der Waals surface area contributed by atoms with Crippen molar-refractivity contribution in [3.05, 3.63) is 17.3 Å². The molecule has 0 saturated carbocycles. The van der Waals surface area contributed by atoms with Gasteiger partial charge in [-0.25, -0.2) is 4.98 Å². The number of hydrogen-bond donors (Lipinski definition) is 1. The lowest BCUT2D eigenvalue weighted by Gasteiger charge is -2.16. The number of hydrogen-bond acceptors (Lipinski definition) is 4. The van der Waals surface area contributed by atoms with Crippen LogP contribution < -0.4 is 0 Å². The third-order valence-electron chi connectivity index (χ3n) is 3.27. The highest BCUT2D eigenvalue weighted by molar-refractivity contribution is 5.82. The summed E-state index contributed by atoms with van der Waals surface area (Å²) in [7, 11) is 0. The van der Waals surface area contributed by atoms with Gasteiger partial charge >= 0.3 is 0 Å². The largest absolute Gasteiger partial charge is 0.480 e. The summed E-state index contributed by atoms with van der Waals surface area (Å²) in [4.78, 5) is 8.11. The van der Waals surface area contributed by atoms with E-state index in [-0.39, 0.29) is 12.1 Å². The van der Waals surface area contributed by atoms with E-state index in [4.69, 9.17) is 6.42 Å². The smallest absolute Gasteiger partial charge is 0.296 e. The molecule has 0 radical (unpaired) electrons. The highest BCUT2D eigenvalue weighted by atomic mass is 16.3. The fraction of sp³-hybridized carbons (Fsp3) is 0.357. The van der Waals surface area contributed by atoms with Crippen molar-refractivity contribution in [2.75, 3.05) is 0 Å². The van der Waals surface area contributed by atoms with Crippen molar-refractivity contribution in [3.63, 3.8) is 0 Å². The maximum Gasteiger partial charge on any atom is 0.296 e. The Morgan fingerprint density at radius 2 is 2.16 bits per heavy atom.